The zero-order valence-corrected chi connectivity index (χ0v) is 11.8. The van der Waals surface area contributed by atoms with Crippen molar-refractivity contribution in [2.45, 2.75) is 62.7 Å². The van der Waals surface area contributed by atoms with E-state index in [1.807, 2.05) is 11.8 Å². The molecular formula is C15H22OS. The summed E-state index contributed by atoms with van der Waals surface area (Å²) in [6, 6.07) is 4.54. The highest BCUT2D eigenvalue weighted by atomic mass is 32.2. The maximum absolute atomic E-state index is 9.53. The van der Waals surface area contributed by atoms with E-state index >= 15 is 0 Å². The van der Waals surface area contributed by atoms with Crippen LogP contribution in [0.4, 0.5) is 0 Å². The van der Waals surface area contributed by atoms with Gasteiger partial charge in [0.05, 0.1) is 6.10 Å². The van der Waals surface area contributed by atoms with Gasteiger partial charge in [-0.3, -0.25) is 0 Å². The molecule has 2 heteroatoms. The summed E-state index contributed by atoms with van der Waals surface area (Å²) in [4.78, 5) is 1.46. The summed E-state index contributed by atoms with van der Waals surface area (Å²) in [5.41, 5.74) is 4.15. The van der Waals surface area contributed by atoms with Gasteiger partial charge in [-0.25, -0.2) is 0 Å². The van der Waals surface area contributed by atoms with E-state index in [2.05, 4.69) is 32.9 Å². The predicted octanol–water partition coefficient (Wildman–Crippen LogP) is 4.01. The van der Waals surface area contributed by atoms with Gasteiger partial charge in [0, 0.05) is 10.1 Å². The van der Waals surface area contributed by atoms with E-state index in [1.54, 1.807) is 0 Å². The topological polar surface area (TPSA) is 20.2 Å². The Bertz CT molecular complexity index is 369. The molecule has 2 rings (SSSR count). The molecule has 1 aromatic rings. The molecule has 1 nitrogen and oxygen atoms in total. The number of aliphatic hydroxyl groups excluding tert-OH is 1. The quantitative estimate of drug-likeness (QED) is 0.856. The smallest absolute Gasteiger partial charge is 0.0541 e. The van der Waals surface area contributed by atoms with Gasteiger partial charge in [-0.2, -0.15) is 0 Å². The minimum Gasteiger partial charge on any atom is -0.393 e. The van der Waals surface area contributed by atoms with Crippen molar-refractivity contribution in [2.24, 2.45) is 0 Å². The second-order valence-electron chi connectivity index (χ2n) is 5.28. The van der Waals surface area contributed by atoms with Crippen LogP contribution in [0.3, 0.4) is 0 Å². The molecule has 0 bridgehead atoms. The largest absolute Gasteiger partial charge is 0.393 e. The number of benzene rings is 1. The Morgan fingerprint density at radius 1 is 1.00 bits per heavy atom. The number of aliphatic hydroxyl groups is 1. The molecule has 1 N–H and O–H groups in total. The molecule has 17 heavy (non-hydrogen) atoms. The minimum absolute atomic E-state index is 0.0490. The van der Waals surface area contributed by atoms with Crippen molar-refractivity contribution in [3.63, 3.8) is 0 Å². The summed E-state index contributed by atoms with van der Waals surface area (Å²) in [5, 5.41) is 10.2. The lowest BCUT2D eigenvalue weighted by atomic mass is 9.97. The molecule has 1 saturated carbocycles. The molecule has 94 valence electrons. The van der Waals surface area contributed by atoms with Crippen LogP contribution in [0.15, 0.2) is 17.0 Å². The molecule has 0 spiro atoms. The average molecular weight is 250 g/mol. The van der Waals surface area contributed by atoms with Gasteiger partial charge in [-0.1, -0.05) is 17.7 Å². The van der Waals surface area contributed by atoms with Gasteiger partial charge >= 0.3 is 0 Å². The number of hydrogen-bond acceptors (Lipinski definition) is 2. The Balaban J connectivity index is 2.08. The van der Waals surface area contributed by atoms with Crippen LogP contribution < -0.4 is 0 Å². The highest BCUT2D eigenvalue weighted by molar-refractivity contribution is 8.00. The lowest BCUT2D eigenvalue weighted by molar-refractivity contribution is 0.132. The van der Waals surface area contributed by atoms with Gasteiger partial charge in [0.2, 0.25) is 0 Å². The normalized spacial score (nSPS) is 24.9. The minimum atomic E-state index is -0.0490. The zero-order valence-electron chi connectivity index (χ0n) is 11.0. The number of rotatable bonds is 2. The van der Waals surface area contributed by atoms with E-state index in [1.165, 1.54) is 21.6 Å². The molecule has 0 unspecified atom stereocenters. The Morgan fingerprint density at radius 2 is 1.53 bits per heavy atom. The second-order valence-corrected chi connectivity index (χ2v) is 6.59. The first kappa shape index (κ1) is 13.0. The van der Waals surface area contributed by atoms with Gasteiger partial charge in [0.15, 0.2) is 0 Å². The van der Waals surface area contributed by atoms with Crippen LogP contribution in [0.2, 0.25) is 0 Å². The van der Waals surface area contributed by atoms with Gasteiger partial charge in [0.25, 0.3) is 0 Å². The molecule has 0 amide bonds. The summed E-state index contributed by atoms with van der Waals surface area (Å²) in [6.07, 6.45) is 4.20. The van der Waals surface area contributed by atoms with Crippen molar-refractivity contribution in [3.8, 4) is 0 Å². The molecule has 0 saturated heterocycles. The van der Waals surface area contributed by atoms with Crippen molar-refractivity contribution in [1.29, 1.82) is 0 Å². The number of aryl methyl sites for hydroxylation is 3. The second kappa shape index (κ2) is 5.45. The van der Waals surface area contributed by atoms with Gasteiger partial charge < -0.3 is 5.11 Å². The molecule has 1 aliphatic rings. The maximum Gasteiger partial charge on any atom is 0.0541 e. The molecule has 0 radical (unpaired) electrons. The highest BCUT2D eigenvalue weighted by Crippen LogP contribution is 2.37. The molecule has 0 atom stereocenters. The lowest BCUT2D eigenvalue weighted by Crippen LogP contribution is -2.19. The summed E-state index contributed by atoms with van der Waals surface area (Å²) >= 11 is 2.02. The zero-order chi connectivity index (χ0) is 12.4. The molecule has 1 aromatic carbocycles. The Labute approximate surface area is 109 Å². The first-order valence-electron chi connectivity index (χ1n) is 6.49. The van der Waals surface area contributed by atoms with Crippen LogP contribution in [0, 0.1) is 20.8 Å². The van der Waals surface area contributed by atoms with E-state index in [0.717, 1.165) is 25.7 Å². The van der Waals surface area contributed by atoms with Crippen molar-refractivity contribution >= 4 is 11.8 Å². The third-order valence-electron chi connectivity index (χ3n) is 3.53. The van der Waals surface area contributed by atoms with Crippen molar-refractivity contribution in [1.82, 2.24) is 0 Å². The summed E-state index contributed by atoms with van der Waals surface area (Å²) in [6.45, 7) is 6.57. The SMILES string of the molecule is Cc1cc(C)c(SC2CCC(O)CC2)c(C)c1. The third-order valence-corrected chi connectivity index (χ3v) is 5.22. The molecular weight excluding hydrogens is 228 g/mol. The fourth-order valence-electron chi connectivity index (χ4n) is 2.68. The fourth-order valence-corrected chi connectivity index (χ4v) is 4.01. The first-order chi connectivity index (χ1) is 8.06. The third kappa shape index (κ3) is 3.26. The molecule has 1 fully saturated rings. The number of thioether (sulfide) groups is 1. The van der Waals surface area contributed by atoms with Crippen molar-refractivity contribution in [3.05, 3.63) is 28.8 Å². The molecule has 1 aliphatic carbocycles. The van der Waals surface area contributed by atoms with Gasteiger partial charge in [-0.05, 0) is 57.6 Å². The monoisotopic (exact) mass is 250 g/mol. The summed E-state index contributed by atoms with van der Waals surface area (Å²) in [7, 11) is 0. The van der Waals surface area contributed by atoms with Crippen LogP contribution in [0.5, 0.6) is 0 Å². The molecule has 0 aromatic heterocycles. The summed E-state index contributed by atoms with van der Waals surface area (Å²) in [5.74, 6) is 0. The van der Waals surface area contributed by atoms with Crippen LogP contribution in [0.1, 0.15) is 42.4 Å². The lowest BCUT2D eigenvalue weighted by Gasteiger charge is -2.26. The molecule has 0 aliphatic heterocycles. The van der Waals surface area contributed by atoms with Crippen molar-refractivity contribution in [2.75, 3.05) is 0 Å². The maximum atomic E-state index is 9.53. The van der Waals surface area contributed by atoms with Crippen molar-refractivity contribution < 1.29 is 5.11 Å². The Morgan fingerprint density at radius 3 is 2.06 bits per heavy atom. The highest BCUT2D eigenvalue weighted by Gasteiger charge is 2.21. The van der Waals surface area contributed by atoms with Crippen LogP contribution in [-0.4, -0.2) is 16.5 Å². The number of hydrogen-bond donors (Lipinski definition) is 1. The van der Waals surface area contributed by atoms with E-state index in [9.17, 15) is 5.11 Å². The molecule has 0 heterocycles. The first-order valence-corrected chi connectivity index (χ1v) is 7.37. The predicted molar refractivity (Wildman–Crippen MR) is 74.8 cm³/mol. The standard InChI is InChI=1S/C15H22OS/c1-10-8-11(2)15(12(3)9-10)17-14-6-4-13(16)5-7-14/h8-9,13-14,16H,4-7H2,1-3H3. The Kier molecular flexibility index (Phi) is 4.16. The van der Waals surface area contributed by atoms with Gasteiger partial charge in [-0.15, -0.1) is 11.8 Å². The van der Waals surface area contributed by atoms with Crippen LogP contribution in [-0.2, 0) is 0 Å². The van der Waals surface area contributed by atoms with E-state index in [4.69, 9.17) is 0 Å². The fraction of sp³-hybridized carbons (Fsp3) is 0.600. The Hall–Kier alpha value is -0.470. The van der Waals surface area contributed by atoms with E-state index in [-0.39, 0.29) is 6.10 Å². The van der Waals surface area contributed by atoms with Crippen LogP contribution >= 0.6 is 11.8 Å². The van der Waals surface area contributed by atoms with Gasteiger partial charge in [0.1, 0.15) is 0 Å². The van der Waals surface area contributed by atoms with E-state index < -0.39 is 0 Å². The average Bonchev–Trinajstić information content (AvgIpc) is 2.26. The van der Waals surface area contributed by atoms with Crippen LogP contribution in [0.25, 0.3) is 0 Å². The summed E-state index contributed by atoms with van der Waals surface area (Å²) < 4.78 is 0. The van der Waals surface area contributed by atoms with E-state index in [0.29, 0.717) is 5.25 Å².